The highest BCUT2D eigenvalue weighted by atomic mass is 35.5. The summed E-state index contributed by atoms with van der Waals surface area (Å²) in [5.74, 6) is -1.22. The van der Waals surface area contributed by atoms with E-state index in [1.165, 1.54) is 30.3 Å². The third-order valence-corrected chi connectivity index (χ3v) is 10.2. The van der Waals surface area contributed by atoms with Gasteiger partial charge in [-0.2, -0.15) is 0 Å². The number of sulfonamides is 1. The minimum atomic E-state index is -3.99. The molecule has 1 heterocycles. The number of carbonyl (C=O) groups is 2. The van der Waals surface area contributed by atoms with Gasteiger partial charge in [-0.05, 0) is 100 Å². The van der Waals surface area contributed by atoms with Crippen LogP contribution in [0.3, 0.4) is 0 Å². The number of aliphatic hydroxyl groups excluding tert-OH is 1. The number of nitrogens with zero attached hydrogens (tertiary/aromatic N) is 2. The molecule has 0 unspecified atom stereocenters. The molecule has 3 aromatic carbocycles. The summed E-state index contributed by atoms with van der Waals surface area (Å²) in [6.07, 6.45) is 1.86. The van der Waals surface area contributed by atoms with Crippen LogP contribution in [0.15, 0.2) is 71.6 Å². The molecule has 49 heavy (non-hydrogen) atoms. The molecule has 0 bridgehead atoms. The number of carboxylic acid groups (broad SMARTS) is 1. The Bertz CT molecular complexity index is 1670. The second-order valence-corrected chi connectivity index (χ2v) is 14.9. The average Bonchev–Trinajstić information content (AvgIpc) is 3.06. The number of likely N-dealkylation sites (N-methyl/N-ethyl adjacent to an activating group) is 1. The van der Waals surface area contributed by atoms with Crippen molar-refractivity contribution < 1.29 is 37.7 Å². The molecule has 266 valence electrons. The number of halogens is 1. The first kappa shape index (κ1) is 38.1. The first-order valence-corrected chi connectivity index (χ1v) is 18.3. The van der Waals surface area contributed by atoms with Crippen molar-refractivity contribution in [2.45, 2.75) is 69.7 Å². The number of hydrogen-bond donors (Lipinski definition) is 3. The SMILES string of the molecule is C[C@@H]1CCCCO[C@H](CN(C)Cc2ccc(C(=O)O)cc2)[C@H](C)CN([C@H](C)CO)C(=O)c2cc(NS(=O)(=O)c3ccc(Cl)cc3)ccc2O1. The maximum Gasteiger partial charge on any atom is 0.335 e. The van der Waals surface area contributed by atoms with Crippen molar-refractivity contribution >= 4 is 39.2 Å². The largest absolute Gasteiger partial charge is 0.490 e. The zero-order valence-electron chi connectivity index (χ0n) is 28.3. The van der Waals surface area contributed by atoms with Crippen molar-refractivity contribution in [2.75, 3.05) is 38.1 Å². The summed E-state index contributed by atoms with van der Waals surface area (Å²) in [4.78, 5) is 29.4. The van der Waals surface area contributed by atoms with Gasteiger partial charge in [0.15, 0.2) is 0 Å². The van der Waals surface area contributed by atoms with Gasteiger partial charge in [-0.3, -0.25) is 14.4 Å². The summed E-state index contributed by atoms with van der Waals surface area (Å²) in [6.45, 7) is 7.30. The molecule has 11 nitrogen and oxygen atoms in total. The summed E-state index contributed by atoms with van der Waals surface area (Å²) < 4.78 is 41.6. The smallest absolute Gasteiger partial charge is 0.335 e. The zero-order valence-corrected chi connectivity index (χ0v) is 29.9. The highest BCUT2D eigenvalue weighted by Crippen LogP contribution is 2.30. The Kier molecular flexibility index (Phi) is 13.5. The second kappa shape index (κ2) is 17.3. The molecular weight excluding hydrogens is 670 g/mol. The summed E-state index contributed by atoms with van der Waals surface area (Å²) in [6, 6.07) is 16.6. The van der Waals surface area contributed by atoms with Crippen LogP contribution in [0.25, 0.3) is 0 Å². The lowest BCUT2D eigenvalue weighted by Crippen LogP contribution is -2.47. The number of fused-ring (bicyclic) bond motifs is 1. The molecule has 4 rings (SSSR count). The standard InChI is InChI=1S/C36H46ClN3O8S/c1-24-20-40(25(2)23-41)35(42)32-19-30(38-49(45,46)31-15-12-29(37)13-16-31)14-17-33(32)48-26(3)7-5-6-18-47-34(24)22-39(4)21-27-8-10-28(11-9-27)36(43)44/h8-17,19,24-26,34,38,41H,5-7,18,20-23H2,1-4H3,(H,43,44)/t24-,25-,26-,34-/m1/s1. The van der Waals surface area contributed by atoms with Crippen LogP contribution >= 0.6 is 11.6 Å². The van der Waals surface area contributed by atoms with E-state index >= 15 is 0 Å². The molecule has 0 aliphatic carbocycles. The Hall–Kier alpha value is -3.68. The molecule has 1 amide bonds. The molecule has 13 heteroatoms. The predicted octanol–water partition coefficient (Wildman–Crippen LogP) is 5.77. The lowest BCUT2D eigenvalue weighted by molar-refractivity contribution is -0.0177. The highest BCUT2D eigenvalue weighted by Gasteiger charge is 2.31. The summed E-state index contributed by atoms with van der Waals surface area (Å²) in [5, 5.41) is 19.9. The Balaban J connectivity index is 1.62. The molecule has 3 N–H and O–H groups in total. The van der Waals surface area contributed by atoms with Gasteiger partial charge in [0.1, 0.15) is 5.75 Å². The normalized spacial score (nSPS) is 20.2. The van der Waals surface area contributed by atoms with Crippen molar-refractivity contribution in [1.29, 1.82) is 0 Å². The van der Waals surface area contributed by atoms with Crippen LogP contribution < -0.4 is 9.46 Å². The summed E-state index contributed by atoms with van der Waals surface area (Å²) in [7, 11) is -2.02. The summed E-state index contributed by atoms with van der Waals surface area (Å²) >= 11 is 5.95. The van der Waals surface area contributed by atoms with Crippen molar-refractivity contribution in [1.82, 2.24) is 9.80 Å². The van der Waals surface area contributed by atoms with Gasteiger partial charge in [0.05, 0.1) is 40.9 Å². The predicted molar refractivity (Wildman–Crippen MR) is 189 cm³/mol. The molecular formula is C36H46ClN3O8S. The number of amides is 1. The minimum absolute atomic E-state index is 0.0193. The van der Waals surface area contributed by atoms with E-state index in [2.05, 4.69) is 9.62 Å². The van der Waals surface area contributed by atoms with E-state index in [9.17, 15) is 28.2 Å². The van der Waals surface area contributed by atoms with Gasteiger partial charge in [0.25, 0.3) is 15.9 Å². The average molecular weight is 716 g/mol. The van der Waals surface area contributed by atoms with E-state index in [4.69, 9.17) is 21.1 Å². The Morgan fingerprint density at radius 3 is 2.43 bits per heavy atom. The number of aliphatic hydroxyl groups is 1. The molecule has 0 radical (unpaired) electrons. The first-order valence-electron chi connectivity index (χ1n) is 16.4. The number of carbonyl (C=O) groups excluding carboxylic acids is 1. The van der Waals surface area contributed by atoms with Crippen LogP contribution in [-0.4, -0.2) is 91.9 Å². The number of nitrogens with one attached hydrogen (secondary N) is 1. The van der Waals surface area contributed by atoms with Gasteiger partial charge in [-0.15, -0.1) is 0 Å². The number of aromatic carboxylic acids is 1. The van der Waals surface area contributed by atoms with E-state index < -0.39 is 27.9 Å². The molecule has 0 saturated heterocycles. The molecule has 0 spiro atoms. The van der Waals surface area contributed by atoms with Crippen molar-refractivity contribution in [2.24, 2.45) is 5.92 Å². The number of anilines is 1. The molecule has 4 atom stereocenters. The lowest BCUT2D eigenvalue weighted by Gasteiger charge is -2.36. The fourth-order valence-electron chi connectivity index (χ4n) is 5.71. The van der Waals surface area contributed by atoms with Gasteiger partial charge in [-0.1, -0.05) is 30.7 Å². The Morgan fingerprint density at radius 1 is 1.08 bits per heavy atom. The van der Waals surface area contributed by atoms with E-state index in [1.54, 1.807) is 48.2 Å². The number of carboxylic acids is 1. The maximum atomic E-state index is 14.4. The molecule has 0 aromatic heterocycles. The van der Waals surface area contributed by atoms with Crippen LogP contribution in [0.5, 0.6) is 5.75 Å². The van der Waals surface area contributed by atoms with Crippen LogP contribution in [0, 0.1) is 5.92 Å². The summed E-state index contributed by atoms with van der Waals surface area (Å²) in [5.41, 5.74) is 1.54. The number of ether oxygens (including phenoxy) is 2. The maximum absolute atomic E-state index is 14.4. The van der Waals surface area contributed by atoms with Crippen molar-refractivity contribution in [3.63, 3.8) is 0 Å². The van der Waals surface area contributed by atoms with Crippen LogP contribution in [0.1, 0.15) is 66.3 Å². The topological polar surface area (TPSA) is 146 Å². The third kappa shape index (κ3) is 10.7. The Morgan fingerprint density at radius 2 is 1.78 bits per heavy atom. The molecule has 1 aliphatic rings. The lowest BCUT2D eigenvalue weighted by atomic mass is 10.0. The molecule has 0 fully saturated rings. The van der Waals surface area contributed by atoms with Gasteiger partial charge < -0.3 is 24.6 Å². The van der Waals surface area contributed by atoms with E-state index in [0.717, 1.165) is 18.4 Å². The highest BCUT2D eigenvalue weighted by molar-refractivity contribution is 7.92. The molecule has 1 aliphatic heterocycles. The quantitative estimate of drug-likeness (QED) is 0.238. The fraction of sp³-hybridized carbons (Fsp3) is 0.444. The number of hydrogen-bond acceptors (Lipinski definition) is 8. The van der Waals surface area contributed by atoms with Crippen LogP contribution in [-0.2, 0) is 21.3 Å². The van der Waals surface area contributed by atoms with E-state index in [-0.39, 0.29) is 53.0 Å². The molecule has 0 saturated carbocycles. The van der Waals surface area contributed by atoms with Crippen LogP contribution in [0.2, 0.25) is 5.02 Å². The number of rotatable bonds is 10. The third-order valence-electron chi connectivity index (χ3n) is 8.57. The van der Waals surface area contributed by atoms with Crippen molar-refractivity contribution in [3.05, 3.63) is 88.4 Å². The van der Waals surface area contributed by atoms with Gasteiger partial charge in [-0.25, -0.2) is 13.2 Å². The monoisotopic (exact) mass is 715 g/mol. The fourth-order valence-corrected chi connectivity index (χ4v) is 6.89. The minimum Gasteiger partial charge on any atom is -0.490 e. The zero-order chi connectivity index (χ0) is 35.7. The second-order valence-electron chi connectivity index (χ2n) is 12.8. The van der Waals surface area contributed by atoms with Gasteiger partial charge in [0.2, 0.25) is 0 Å². The number of benzene rings is 3. The van der Waals surface area contributed by atoms with Gasteiger partial charge in [0, 0.05) is 42.9 Å². The van der Waals surface area contributed by atoms with Crippen LogP contribution in [0.4, 0.5) is 5.69 Å². The molecule has 3 aromatic rings. The van der Waals surface area contributed by atoms with E-state index in [1.807, 2.05) is 20.9 Å². The Labute approximate surface area is 293 Å². The van der Waals surface area contributed by atoms with E-state index in [0.29, 0.717) is 36.9 Å². The van der Waals surface area contributed by atoms with Crippen molar-refractivity contribution in [3.8, 4) is 5.75 Å². The first-order chi connectivity index (χ1) is 23.3. The van der Waals surface area contributed by atoms with Gasteiger partial charge >= 0.3 is 5.97 Å².